The van der Waals surface area contributed by atoms with E-state index < -0.39 is 0 Å². The van der Waals surface area contributed by atoms with E-state index in [0.29, 0.717) is 6.54 Å². The average molecular weight is 401 g/mol. The predicted molar refractivity (Wildman–Crippen MR) is 113 cm³/mol. The van der Waals surface area contributed by atoms with E-state index in [1.165, 1.54) is 20.9 Å². The minimum atomic E-state index is -0.0361. The lowest BCUT2D eigenvalue weighted by molar-refractivity contribution is -1.02. The fourth-order valence-electron chi connectivity index (χ4n) is 3.51. The number of hydrogen-bond acceptors (Lipinski definition) is 2. The van der Waals surface area contributed by atoms with Gasteiger partial charge in [0, 0.05) is 10.6 Å². The van der Waals surface area contributed by atoms with Crippen molar-refractivity contribution in [2.75, 3.05) is 32.7 Å². The summed E-state index contributed by atoms with van der Waals surface area (Å²) in [5.41, 5.74) is 6.13. The molecule has 0 unspecified atom stereocenters. The highest BCUT2D eigenvalue weighted by Crippen LogP contribution is 2.13. The van der Waals surface area contributed by atoms with Crippen LogP contribution in [0.5, 0.6) is 0 Å². The third-order valence-electron chi connectivity index (χ3n) is 5.26. The van der Waals surface area contributed by atoms with Crippen molar-refractivity contribution in [3.63, 3.8) is 0 Å². The summed E-state index contributed by atoms with van der Waals surface area (Å²) >= 11 is 6.26. The van der Waals surface area contributed by atoms with E-state index >= 15 is 0 Å². The van der Waals surface area contributed by atoms with Gasteiger partial charge in [0.15, 0.2) is 6.54 Å². The van der Waals surface area contributed by atoms with Gasteiger partial charge in [0.2, 0.25) is 0 Å². The number of piperazine rings is 1. The minimum Gasteiger partial charge on any atom is -0.322 e. The number of carbonyl (C=O) groups is 1. The summed E-state index contributed by atoms with van der Waals surface area (Å²) in [7, 11) is 0. The number of hydrogen-bond donors (Lipinski definition) is 3. The van der Waals surface area contributed by atoms with Gasteiger partial charge in [-0.3, -0.25) is 4.79 Å². The second kappa shape index (κ2) is 10.4. The average Bonchev–Trinajstić information content (AvgIpc) is 2.72. The van der Waals surface area contributed by atoms with Crippen molar-refractivity contribution in [1.82, 2.24) is 5.43 Å². The van der Waals surface area contributed by atoms with Gasteiger partial charge in [0.25, 0.3) is 5.91 Å². The van der Waals surface area contributed by atoms with Gasteiger partial charge in [-0.05, 0) is 23.6 Å². The Morgan fingerprint density at radius 1 is 1.07 bits per heavy atom. The van der Waals surface area contributed by atoms with Crippen molar-refractivity contribution in [2.45, 2.75) is 19.9 Å². The lowest BCUT2D eigenvalue weighted by atomic mass is 10.1. The van der Waals surface area contributed by atoms with Crippen molar-refractivity contribution >= 4 is 23.7 Å². The second-order valence-corrected chi connectivity index (χ2v) is 7.74. The maximum absolute atomic E-state index is 12.1. The van der Waals surface area contributed by atoms with Gasteiger partial charge in [0.05, 0.1) is 6.21 Å². The molecule has 0 aromatic heterocycles. The van der Waals surface area contributed by atoms with Crippen LogP contribution in [0.15, 0.2) is 53.6 Å². The molecule has 2 aromatic carbocycles. The molecular weight excluding hydrogens is 372 g/mol. The van der Waals surface area contributed by atoms with Gasteiger partial charge in [-0.2, -0.15) is 5.10 Å². The monoisotopic (exact) mass is 400 g/mol. The summed E-state index contributed by atoms with van der Waals surface area (Å²) in [5, 5.41) is 4.92. The van der Waals surface area contributed by atoms with Gasteiger partial charge in [-0.1, -0.05) is 61.0 Å². The van der Waals surface area contributed by atoms with Crippen molar-refractivity contribution < 1.29 is 14.6 Å². The molecule has 2 aromatic rings. The standard InChI is InChI=1S/C22H27ClN4O/c1-2-18-7-9-19(10-8-18)15-24-25-22(28)17-27-13-11-26(12-14-27)16-20-5-3-4-6-21(20)23/h3-10,15H,2,11-14,16-17H2,1H3,(H,25,28)/p+2. The number of hydrazone groups is 1. The molecule has 28 heavy (non-hydrogen) atoms. The van der Waals surface area contributed by atoms with E-state index in [4.69, 9.17) is 11.6 Å². The quantitative estimate of drug-likeness (QED) is 0.455. The fraction of sp³-hybridized carbons (Fsp3) is 0.364. The Morgan fingerprint density at radius 3 is 2.43 bits per heavy atom. The highest BCUT2D eigenvalue weighted by molar-refractivity contribution is 6.31. The van der Waals surface area contributed by atoms with E-state index in [1.807, 2.05) is 30.3 Å². The first-order valence-corrected chi connectivity index (χ1v) is 10.3. The highest BCUT2D eigenvalue weighted by Gasteiger charge is 2.25. The molecule has 0 radical (unpaired) electrons. The third kappa shape index (κ3) is 6.16. The number of benzene rings is 2. The summed E-state index contributed by atoms with van der Waals surface area (Å²) < 4.78 is 0. The van der Waals surface area contributed by atoms with Crippen LogP contribution in [0.1, 0.15) is 23.6 Å². The van der Waals surface area contributed by atoms with E-state index in [9.17, 15) is 4.79 Å². The molecule has 0 aliphatic carbocycles. The van der Waals surface area contributed by atoms with E-state index in [2.05, 4.69) is 35.7 Å². The van der Waals surface area contributed by atoms with Crippen LogP contribution in [0.25, 0.3) is 0 Å². The van der Waals surface area contributed by atoms with Crippen LogP contribution in [0.2, 0.25) is 5.02 Å². The molecular formula is C22H29ClN4O+2. The minimum absolute atomic E-state index is 0.0361. The van der Waals surface area contributed by atoms with Gasteiger partial charge in [-0.25, -0.2) is 5.43 Å². The zero-order valence-corrected chi connectivity index (χ0v) is 17.1. The van der Waals surface area contributed by atoms with Crippen molar-refractivity contribution in [2.24, 2.45) is 5.10 Å². The number of carbonyl (C=O) groups excluding carboxylic acids is 1. The van der Waals surface area contributed by atoms with Crippen LogP contribution in [0.4, 0.5) is 0 Å². The molecule has 0 bridgehead atoms. The second-order valence-electron chi connectivity index (χ2n) is 7.33. The summed E-state index contributed by atoms with van der Waals surface area (Å²) in [6.45, 7) is 7.59. The normalized spacial score (nSPS) is 19.6. The molecule has 1 saturated heterocycles. The number of rotatable bonds is 7. The first kappa shape index (κ1) is 20.5. The first-order valence-electron chi connectivity index (χ1n) is 9.95. The molecule has 3 rings (SSSR count). The topological polar surface area (TPSA) is 50.3 Å². The molecule has 5 nitrogen and oxygen atoms in total. The Morgan fingerprint density at radius 2 is 1.75 bits per heavy atom. The SMILES string of the molecule is CCc1ccc(C=NNC(=O)C[NH+]2CC[NH+](Cc3ccccc3Cl)CC2)cc1. The third-order valence-corrected chi connectivity index (χ3v) is 5.63. The molecule has 0 spiro atoms. The highest BCUT2D eigenvalue weighted by atomic mass is 35.5. The fourth-order valence-corrected chi connectivity index (χ4v) is 3.71. The van der Waals surface area contributed by atoms with E-state index in [1.54, 1.807) is 6.21 Å². The molecule has 3 N–H and O–H groups in total. The summed E-state index contributed by atoms with van der Waals surface area (Å²) in [6.07, 6.45) is 2.71. The lowest BCUT2D eigenvalue weighted by Crippen LogP contribution is -3.28. The Balaban J connectivity index is 1.38. The predicted octanol–water partition coefficient (Wildman–Crippen LogP) is 0.336. The maximum Gasteiger partial charge on any atom is 0.295 e. The number of amides is 1. The smallest absolute Gasteiger partial charge is 0.295 e. The molecule has 148 valence electrons. The zero-order valence-electron chi connectivity index (χ0n) is 16.4. The van der Waals surface area contributed by atoms with Crippen LogP contribution in [-0.4, -0.2) is 44.8 Å². The first-order chi connectivity index (χ1) is 13.6. The number of nitrogens with zero attached hydrogens (tertiary/aromatic N) is 1. The molecule has 0 atom stereocenters. The van der Waals surface area contributed by atoms with Crippen LogP contribution in [0.3, 0.4) is 0 Å². The molecule has 1 amide bonds. The lowest BCUT2D eigenvalue weighted by Gasteiger charge is -2.29. The number of nitrogens with one attached hydrogen (secondary N) is 3. The van der Waals surface area contributed by atoms with Crippen LogP contribution in [-0.2, 0) is 17.8 Å². The Kier molecular flexibility index (Phi) is 7.60. The van der Waals surface area contributed by atoms with Gasteiger partial charge < -0.3 is 9.80 Å². The number of aryl methyl sites for hydroxylation is 1. The van der Waals surface area contributed by atoms with Crippen molar-refractivity contribution in [3.8, 4) is 0 Å². The van der Waals surface area contributed by atoms with E-state index in [-0.39, 0.29) is 5.91 Å². The molecule has 0 saturated carbocycles. The maximum atomic E-state index is 12.1. The van der Waals surface area contributed by atoms with E-state index in [0.717, 1.165) is 49.7 Å². The van der Waals surface area contributed by atoms with Crippen LogP contribution >= 0.6 is 11.6 Å². The van der Waals surface area contributed by atoms with Crippen LogP contribution < -0.4 is 15.2 Å². The Labute approximate surface area is 172 Å². The zero-order chi connectivity index (χ0) is 19.8. The molecule has 1 aliphatic heterocycles. The molecule has 1 fully saturated rings. The Hall–Kier alpha value is -2.21. The number of quaternary nitrogens is 2. The van der Waals surface area contributed by atoms with Crippen molar-refractivity contribution in [1.29, 1.82) is 0 Å². The molecule has 1 aliphatic rings. The Bertz CT molecular complexity index is 798. The van der Waals surface area contributed by atoms with Crippen LogP contribution in [0, 0.1) is 0 Å². The number of halogens is 1. The van der Waals surface area contributed by atoms with Crippen molar-refractivity contribution in [3.05, 3.63) is 70.2 Å². The largest absolute Gasteiger partial charge is 0.322 e. The van der Waals surface area contributed by atoms with Gasteiger partial charge in [0.1, 0.15) is 32.7 Å². The molecule has 6 heteroatoms. The summed E-state index contributed by atoms with van der Waals surface area (Å²) in [5.74, 6) is -0.0361. The van der Waals surface area contributed by atoms with Gasteiger partial charge in [-0.15, -0.1) is 0 Å². The van der Waals surface area contributed by atoms with Gasteiger partial charge >= 0.3 is 0 Å². The molecule has 1 heterocycles. The summed E-state index contributed by atoms with van der Waals surface area (Å²) in [6, 6.07) is 16.2. The summed E-state index contributed by atoms with van der Waals surface area (Å²) in [4.78, 5) is 15.0.